The average molecular weight is 410 g/mol. The van der Waals surface area contributed by atoms with Crippen LogP contribution in [0.2, 0.25) is 0 Å². The number of halogens is 2. The number of fused-ring (bicyclic) bond motifs is 1. The summed E-state index contributed by atoms with van der Waals surface area (Å²) in [7, 11) is 0. The number of nitrogens with one attached hydrogen (secondary N) is 3. The highest BCUT2D eigenvalue weighted by molar-refractivity contribution is 6.00. The van der Waals surface area contributed by atoms with Crippen molar-refractivity contribution < 1.29 is 18.4 Å². The number of primary amides is 1. The molecule has 0 saturated heterocycles. The van der Waals surface area contributed by atoms with Gasteiger partial charge in [0.1, 0.15) is 23.0 Å². The molecule has 2 aromatic carbocycles. The van der Waals surface area contributed by atoms with Gasteiger partial charge in [-0.1, -0.05) is 6.07 Å². The van der Waals surface area contributed by atoms with E-state index in [0.717, 1.165) is 17.7 Å². The van der Waals surface area contributed by atoms with Crippen molar-refractivity contribution in [1.29, 1.82) is 0 Å². The molecule has 1 aliphatic heterocycles. The summed E-state index contributed by atoms with van der Waals surface area (Å²) in [5, 5.41) is 8.43. The Morgan fingerprint density at radius 3 is 2.73 bits per heavy atom. The molecule has 30 heavy (non-hydrogen) atoms. The van der Waals surface area contributed by atoms with Crippen molar-refractivity contribution in [2.24, 2.45) is 5.73 Å². The van der Waals surface area contributed by atoms with E-state index in [1.165, 1.54) is 12.3 Å². The summed E-state index contributed by atoms with van der Waals surface area (Å²) in [5.41, 5.74) is 7.28. The van der Waals surface area contributed by atoms with E-state index < -0.39 is 17.5 Å². The van der Waals surface area contributed by atoms with Crippen LogP contribution in [0.15, 0.2) is 42.6 Å². The Balaban J connectivity index is 1.70. The highest BCUT2D eigenvalue weighted by Gasteiger charge is 2.21. The molecule has 8 nitrogen and oxygen atoms in total. The molecule has 0 fully saturated rings. The van der Waals surface area contributed by atoms with Gasteiger partial charge in [-0.15, -0.1) is 0 Å². The summed E-state index contributed by atoms with van der Waals surface area (Å²) < 4.78 is 27.0. The van der Waals surface area contributed by atoms with Crippen molar-refractivity contribution in [2.75, 3.05) is 17.2 Å². The zero-order valence-electron chi connectivity index (χ0n) is 15.5. The Bertz CT molecular complexity index is 1170. The van der Waals surface area contributed by atoms with Crippen LogP contribution in [0.3, 0.4) is 0 Å². The molecule has 4 rings (SSSR count). The van der Waals surface area contributed by atoms with Crippen LogP contribution in [0.1, 0.15) is 26.3 Å². The standard InChI is InChI=1S/C20H16F2N6O2/c21-10-4-5-16(14(22)8-10)27-20-25-9-13(17(23)29)18(28-20)26-15-3-1-2-12-11(15)6-7-24-19(12)30/h1-5,8-9H,6-7H2,(H2,23,29)(H,24,30)(H2,25,26,27,28). The Kier molecular flexibility index (Phi) is 4.97. The number of carbonyl (C=O) groups is 2. The van der Waals surface area contributed by atoms with E-state index in [2.05, 4.69) is 25.9 Å². The number of carbonyl (C=O) groups excluding carboxylic acids is 2. The first-order valence-corrected chi connectivity index (χ1v) is 8.98. The average Bonchev–Trinajstić information content (AvgIpc) is 2.71. The van der Waals surface area contributed by atoms with Crippen LogP contribution in [-0.4, -0.2) is 28.3 Å². The second-order valence-corrected chi connectivity index (χ2v) is 6.53. The lowest BCUT2D eigenvalue weighted by molar-refractivity contribution is 0.0944. The van der Waals surface area contributed by atoms with E-state index in [-0.39, 0.29) is 28.9 Å². The van der Waals surface area contributed by atoms with Gasteiger partial charge < -0.3 is 21.7 Å². The lowest BCUT2D eigenvalue weighted by Gasteiger charge is -2.20. The molecule has 2 heterocycles. The first kappa shape index (κ1) is 19.2. The van der Waals surface area contributed by atoms with Crippen molar-refractivity contribution in [3.63, 3.8) is 0 Å². The van der Waals surface area contributed by atoms with Crippen molar-refractivity contribution >= 4 is 35.0 Å². The van der Waals surface area contributed by atoms with E-state index in [0.29, 0.717) is 24.2 Å². The predicted molar refractivity (Wildman–Crippen MR) is 106 cm³/mol. The van der Waals surface area contributed by atoms with Crippen LogP contribution in [-0.2, 0) is 6.42 Å². The molecule has 10 heteroatoms. The first-order valence-electron chi connectivity index (χ1n) is 8.98. The van der Waals surface area contributed by atoms with Crippen LogP contribution in [0.5, 0.6) is 0 Å². The second kappa shape index (κ2) is 7.74. The van der Waals surface area contributed by atoms with Gasteiger partial charge in [0.25, 0.3) is 11.8 Å². The monoisotopic (exact) mass is 410 g/mol. The van der Waals surface area contributed by atoms with Crippen LogP contribution >= 0.6 is 0 Å². The smallest absolute Gasteiger partial charge is 0.254 e. The Morgan fingerprint density at radius 1 is 1.13 bits per heavy atom. The van der Waals surface area contributed by atoms with E-state index in [1.54, 1.807) is 18.2 Å². The number of amides is 2. The lowest BCUT2D eigenvalue weighted by atomic mass is 9.98. The molecule has 152 valence electrons. The zero-order valence-corrected chi connectivity index (χ0v) is 15.5. The topological polar surface area (TPSA) is 122 Å². The lowest BCUT2D eigenvalue weighted by Crippen LogP contribution is -2.32. The largest absolute Gasteiger partial charge is 0.365 e. The maximum Gasteiger partial charge on any atom is 0.254 e. The third-order valence-corrected chi connectivity index (χ3v) is 4.57. The molecule has 0 aliphatic carbocycles. The minimum atomic E-state index is -0.824. The number of rotatable bonds is 5. The van der Waals surface area contributed by atoms with Gasteiger partial charge in [-0.05, 0) is 36.2 Å². The van der Waals surface area contributed by atoms with Gasteiger partial charge in [0, 0.05) is 30.1 Å². The van der Waals surface area contributed by atoms with Crippen LogP contribution < -0.4 is 21.7 Å². The quantitative estimate of drug-likeness (QED) is 0.513. The maximum atomic E-state index is 13.9. The summed E-state index contributed by atoms with van der Waals surface area (Å²) in [6.45, 7) is 0.480. The maximum absolute atomic E-state index is 13.9. The fourth-order valence-corrected chi connectivity index (χ4v) is 3.14. The van der Waals surface area contributed by atoms with Crippen molar-refractivity contribution in [3.05, 3.63) is 70.9 Å². The van der Waals surface area contributed by atoms with Crippen LogP contribution in [0.25, 0.3) is 0 Å². The van der Waals surface area contributed by atoms with Gasteiger partial charge >= 0.3 is 0 Å². The van der Waals surface area contributed by atoms with Crippen LogP contribution in [0, 0.1) is 11.6 Å². The highest BCUT2D eigenvalue weighted by Crippen LogP contribution is 2.28. The Morgan fingerprint density at radius 2 is 1.97 bits per heavy atom. The fourth-order valence-electron chi connectivity index (χ4n) is 3.14. The number of nitrogens with two attached hydrogens (primary N) is 1. The summed E-state index contributed by atoms with van der Waals surface area (Å²) >= 11 is 0. The molecular formula is C20H16F2N6O2. The van der Waals surface area contributed by atoms with Gasteiger partial charge in [0.15, 0.2) is 0 Å². The Labute approximate surface area is 169 Å². The SMILES string of the molecule is NC(=O)c1cnc(Nc2ccc(F)cc2F)nc1Nc1cccc2c1CCNC2=O. The molecule has 5 N–H and O–H groups in total. The molecule has 0 spiro atoms. The molecule has 1 aromatic heterocycles. The van der Waals surface area contributed by atoms with Crippen molar-refractivity contribution in [2.45, 2.75) is 6.42 Å². The van der Waals surface area contributed by atoms with E-state index in [9.17, 15) is 18.4 Å². The second-order valence-electron chi connectivity index (χ2n) is 6.53. The normalized spacial score (nSPS) is 12.7. The van der Waals surface area contributed by atoms with Gasteiger partial charge in [-0.25, -0.2) is 13.8 Å². The number of hydrogen-bond donors (Lipinski definition) is 4. The number of aromatic nitrogens is 2. The number of anilines is 4. The van der Waals surface area contributed by atoms with Crippen LogP contribution in [0.4, 0.5) is 31.9 Å². The van der Waals surface area contributed by atoms with E-state index in [1.807, 2.05) is 0 Å². The number of hydrogen-bond acceptors (Lipinski definition) is 6. The molecule has 0 radical (unpaired) electrons. The minimum absolute atomic E-state index is 0.0120. The summed E-state index contributed by atoms with van der Waals surface area (Å²) in [6, 6.07) is 8.16. The molecular weight excluding hydrogens is 394 g/mol. The molecule has 0 saturated carbocycles. The zero-order chi connectivity index (χ0) is 21.3. The highest BCUT2D eigenvalue weighted by atomic mass is 19.1. The fraction of sp³-hybridized carbons (Fsp3) is 0.100. The molecule has 0 atom stereocenters. The molecule has 3 aromatic rings. The summed E-state index contributed by atoms with van der Waals surface area (Å²) in [4.78, 5) is 32.1. The summed E-state index contributed by atoms with van der Waals surface area (Å²) in [5.74, 6) is -2.44. The molecule has 2 amide bonds. The van der Waals surface area contributed by atoms with Crippen molar-refractivity contribution in [3.8, 4) is 0 Å². The Hall–Kier alpha value is -4.08. The van der Waals surface area contributed by atoms with Gasteiger partial charge in [-0.2, -0.15) is 4.98 Å². The van der Waals surface area contributed by atoms with E-state index >= 15 is 0 Å². The van der Waals surface area contributed by atoms with Gasteiger partial charge in [0.05, 0.1) is 5.69 Å². The van der Waals surface area contributed by atoms with Gasteiger partial charge in [0.2, 0.25) is 5.95 Å². The predicted octanol–water partition coefficient (Wildman–Crippen LogP) is 2.63. The first-order chi connectivity index (χ1) is 14.4. The molecule has 0 bridgehead atoms. The van der Waals surface area contributed by atoms with Crippen molar-refractivity contribution in [1.82, 2.24) is 15.3 Å². The van der Waals surface area contributed by atoms with Gasteiger partial charge in [-0.3, -0.25) is 9.59 Å². The number of nitrogens with zero attached hydrogens (tertiary/aromatic N) is 2. The third-order valence-electron chi connectivity index (χ3n) is 4.57. The molecule has 1 aliphatic rings. The summed E-state index contributed by atoms with van der Waals surface area (Å²) in [6.07, 6.45) is 1.79. The minimum Gasteiger partial charge on any atom is -0.365 e. The third kappa shape index (κ3) is 3.75. The molecule has 0 unspecified atom stereocenters. The van der Waals surface area contributed by atoms with E-state index in [4.69, 9.17) is 5.73 Å². The number of benzene rings is 2.